The largest absolute Gasteiger partial charge is 0.464 e. The van der Waals surface area contributed by atoms with Crippen molar-refractivity contribution >= 4 is 13.6 Å². The Balaban J connectivity index is 3.98. The van der Waals surface area contributed by atoms with Crippen LogP contribution in [0.15, 0.2) is 0 Å². The van der Waals surface area contributed by atoms with E-state index in [1.807, 2.05) is 6.92 Å². The summed E-state index contributed by atoms with van der Waals surface area (Å²) in [7, 11) is -3.89. The Hall–Kier alpha value is -0.420. The Kier molecular flexibility index (Phi) is 8.43. The summed E-state index contributed by atoms with van der Waals surface area (Å²) >= 11 is 0. The molecule has 0 saturated heterocycles. The zero-order chi connectivity index (χ0) is 13.3. The zero-order valence-electron chi connectivity index (χ0n) is 10.5. The molecular formula is C10H21O6P. The van der Waals surface area contributed by atoms with Gasteiger partial charge in [0.25, 0.3) is 0 Å². The second-order valence-corrected chi connectivity index (χ2v) is 5.27. The summed E-state index contributed by atoms with van der Waals surface area (Å²) in [6.45, 7) is 5.61. The van der Waals surface area contributed by atoms with Gasteiger partial charge in [0.2, 0.25) is 0 Å². The minimum atomic E-state index is -3.89. The Labute approximate surface area is 102 Å². The number of carbonyl (C=O) groups is 1. The van der Waals surface area contributed by atoms with Gasteiger partial charge in [-0.25, -0.2) is 4.79 Å². The van der Waals surface area contributed by atoms with Crippen molar-refractivity contribution in [3.63, 3.8) is 0 Å². The highest BCUT2D eigenvalue weighted by Gasteiger charge is 2.27. The third-order valence-electron chi connectivity index (χ3n) is 1.84. The molecule has 0 aliphatic heterocycles. The summed E-state index contributed by atoms with van der Waals surface area (Å²) in [6, 6.07) is 0. The number of hydrogen-bond acceptors (Lipinski definition) is 5. The Bertz CT molecular complexity index is 268. The second-order valence-electron chi connectivity index (χ2n) is 3.53. The molecule has 0 aromatic carbocycles. The molecule has 0 saturated carbocycles. The lowest BCUT2D eigenvalue weighted by atomic mass is 10.4. The molecule has 0 aliphatic rings. The van der Waals surface area contributed by atoms with Crippen molar-refractivity contribution in [2.45, 2.75) is 39.7 Å². The van der Waals surface area contributed by atoms with Crippen molar-refractivity contribution in [2.24, 2.45) is 0 Å². The molecule has 0 aromatic heterocycles. The molecular weight excluding hydrogens is 247 g/mol. The highest BCUT2D eigenvalue weighted by Crippen LogP contribution is 2.43. The standard InChI is InChI=1S/C10H21O6P/c1-4-6-7-14-8-17(12,13)16-9(3)10(11)15-5-2/h9H,4-8H2,1-3H3,(H,12,13)/t9-/m0/s1. The van der Waals surface area contributed by atoms with E-state index >= 15 is 0 Å². The van der Waals surface area contributed by atoms with E-state index in [0.717, 1.165) is 12.8 Å². The lowest BCUT2D eigenvalue weighted by molar-refractivity contribution is -0.150. The number of hydrogen-bond donors (Lipinski definition) is 1. The Morgan fingerprint density at radius 1 is 1.41 bits per heavy atom. The van der Waals surface area contributed by atoms with Gasteiger partial charge in [-0.05, 0) is 20.3 Å². The maximum absolute atomic E-state index is 11.5. The molecule has 0 spiro atoms. The van der Waals surface area contributed by atoms with Crippen molar-refractivity contribution in [3.8, 4) is 0 Å². The summed E-state index contributed by atoms with van der Waals surface area (Å²) < 4.78 is 25.9. The average molecular weight is 268 g/mol. The summed E-state index contributed by atoms with van der Waals surface area (Å²) in [5.41, 5.74) is 0. The predicted molar refractivity (Wildman–Crippen MR) is 62.7 cm³/mol. The number of rotatable bonds is 9. The van der Waals surface area contributed by atoms with Crippen LogP contribution < -0.4 is 0 Å². The molecule has 0 aliphatic carbocycles. The van der Waals surface area contributed by atoms with Gasteiger partial charge in [0.05, 0.1) is 6.61 Å². The van der Waals surface area contributed by atoms with Gasteiger partial charge in [0, 0.05) is 6.61 Å². The van der Waals surface area contributed by atoms with Gasteiger partial charge in [0.1, 0.15) is 6.35 Å². The van der Waals surface area contributed by atoms with E-state index in [2.05, 4.69) is 4.74 Å². The van der Waals surface area contributed by atoms with Gasteiger partial charge in [-0.15, -0.1) is 0 Å². The summed E-state index contributed by atoms with van der Waals surface area (Å²) in [6.07, 6.45) is 0.278. The van der Waals surface area contributed by atoms with Crippen LogP contribution in [0.3, 0.4) is 0 Å². The van der Waals surface area contributed by atoms with E-state index in [1.54, 1.807) is 6.92 Å². The van der Waals surface area contributed by atoms with Crippen LogP contribution in [-0.2, 0) is 23.4 Å². The molecule has 17 heavy (non-hydrogen) atoms. The minimum Gasteiger partial charge on any atom is -0.464 e. The number of carbonyl (C=O) groups excluding carboxylic acids is 1. The first-order chi connectivity index (χ1) is 7.93. The first-order valence-corrected chi connectivity index (χ1v) is 7.43. The summed E-state index contributed by atoms with van der Waals surface area (Å²) in [5, 5.41) is 0. The fourth-order valence-electron chi connectivity index (χ4n) is 1.01. The highest BCUT2D eigenvalue weighted by molar-refractivity contribution is 7.52. The Morgan fingerprint density at radius 3 is 2.59 bits per heavy atom. The van der Waals surface area contributed by atoms with Crippen LogP contribution in [0.2, 0.25) is 0 Å². The van der Waals surface area contributed by atoms with Gasteiger partial charge in [-0.1, -0.05) is 13.3 Å². The van der Waals surface area contributed by atoms with E-state index in [-0.39, 0.29) is 6.61 Å². The fraction of sp³-hybridized carbons (Fsp3) is 0.900. The lowest BCUT2D eigenvalue weighted by Gasteiger charge is -2.16. The Morgan fingerprint density at radius 2 is 2.06 bits per heavy atom. The molecule has 0 amide bonds. The van der Waals surface area contributed by atoms with Gasteiger partial charge in [-0.2, -0.15) is 0 Å². The third-order valence-corrected chi connectivity index (χ3v) is 2.99. The van der Waals surface area contributed by atoms with Gasteiger partial charge in [-0.3, -0.25) is 9.09 Å². The first kappa shape index (κ1) is 16.6. The van der Waals surface area contributed by atoms with E-state index in [0.29, 0.717) is 6.61 Å². The average Bonchev–Trinajstić information content (AvgIpc) is 2.24. The smallest absolute Gasteiger partial charge is 0.354 e. The van der Waals surface area contributed by atoms with Crippen molar-refractivity contribution in [3.05, 3.63) is 0 Å². The first-order valence-electron chi connectivity index (χ1n) is 5.67. The molecule has 0 rings (SSSR count). The van der Waals surface area contributed by atoms with Gasteiger partial charge >= 0.3 is 13.6 Å². The van der Waals surface area contributed by atoms with Crippen LogP contribution in [0.1, 0.15) is 33.6 Å². The summed E-state index contributed by atoms with van der Waals surface area (Å²) in [5.74, 6) is -0.657. The number of ether oxygens (including phenoxy) is 2. The van der Waals surface area contributed by atoms with E-state index in [9.17, 15) is 14.3 Å². The van der Waals surface area contributed by atoms with Crippen molar-refractivity contribution in [2.75, 3.05) is 19.6 Å². The molecule has 0 fully saturated rings. The second kappa shape index (κ2) is 8.64. The molecule has 7 heteroatoms. The quantitative estimate of drug-likeness (QED) is 0.391. The molecule has 0 bridgehead atoms. The maximum atomic E-state index is 11.5. The van der Waals surface area contributed by atoms with E-state index < -0.39 is 26.0 Å². The van der Waals surface area contributed by atoms with Crippen LogP contribution in [-0.4, -0.2) is 36.5 Å². The lowest BCUT2D eigenvalue weighted by Crippen LogP contribution is -2.23. The van der Waals surface area contributed by atoms with Crippen LogP contribution >= 0.6 is 7.60 Å². The van der Waals surface area contributed by atoms with Crippen LogP contribution in [0.5, 0.6) is 0 Å². The van der Waals surface area contributed by atoms with E-state index in [4.69, 9.17) is 9.26 Å². The van der Waals surface area contributed by atoms with Crippen LogP contribution in [0, 0.1) is 0 Å². The van der Waals surface area contributed by atoms with E-state index in [1.165, 1.54) is 6.92 Å². The molecule has 0 heterocycles. The monoisotopic (exact) mass is 268 g/mol. The van der Waals surface area contributed by atoms with Crippen molar-refractivity contribution in [1.82, 2.24) is 0 Å². The molecule has 1 N–H and O–H groups in total. The molecule has 6 nitrogen and oxygen atoms in total. The highest BCUT2D eigenvalue weighted by atomic mass is 31.2. The zero-order valence-corrected chi connectivity index (χ0v) is 11.4. The molecule has 0 aromatic rings. The molecule has 2 atom stereocenters. The molecule has 1 unspecified atom stereocenters. The number of unbranched alkanes of at least 4 members (excludes halogenated alkanes) is 1. The topological polar surface area (TPSA) is 82.1 Å². The third kappa shape index (κ3) is 8.32. The van der Waals surface area contributed by atoms with Crippen LogP contribution in [0.4, 0.5) is 0 Å². The SMILES string of the molecule is CCCCOCP(=O)(O)O[C@@H](C)C(=O)OCC. The number of esters is 1. The van der Waals surface area contributed by atoms with Gasteiger partial charge in [0.15, 0.2) is 6.10 Å². The van der Waals surface area contributed by atoms with Gasteiger partial charge < -0.3 is 14.4 Å². The fourth-order valence-corrected chi connectivity index (χ4v) is 2.01. The van der Waals surface area contributed by atoms with Crippen molar-refractivity contribution in [1.29, 1.82) is 0 Å². The molecule has 102 valence electrons. The normalized spacial score (nSPS) is 16.2. The maximum Gasteiger partial charge on any atom is 0.354 e. The molecule has 0 radical (unpaired) electrons. The minimum absolute atomic E-state index is 0.204. The summed E-state index contributed by atoms with van der Waals surface area (Å²) in [4.78, 5) is 20.6. The predicted octanol–water partition coefficient (Wildman–Crippen LogP) is 1.91. The van der Waals surface area contributed by atoms with Crippen molar-refractivity contribution < 1.29 is 28.3 Å². The van der Waals surface area contributed by atoms with Crippen LogP contribution in [0.25, 0.3) is 0 Å².